The van der Waals surface area contributed by atoms with Gasteiger partial charge in [0.25, 0.3) is 5.91 Å². The van der Waals surface area contributed by atoms with Crippen molar-refractivity contribution in [2.24, 2.45) is 5.41 Å². The van der Waals surface area contributed by atoms with E-state index in [1.54, 1.807) is 0 Å². The van der Waals surface area contributed by atoms with Crippen LogP contribution in [0.4, 0.5) is 14.5 Å². The molecule has 0 bridgehead atoms. The maximum absolute atomic E-state index is 14.2. The van der Waals surface area contributed by atoms with Crippen molar-refractivity contribution in [2.45, 2.75) is 69.9 Å². The summed E-state index contributed by atoms with van der Waals surface area (Å²) in [5, 5.41) is 17.8. The summed E-state index contributed by atoms with van der Waals surface area (Å²) in [5.74, 6) is -1.44. The van der Waals surface area contributed by atoms with Crippen LogP contribution in [0.25, 0.3) is 0 Å². The summed E-state index contributed by atoms with van der Waals surface area (Å²) in [4.78, 5) is 28.6. The summed E-state index contributed by atoms with van der Waals surface area (Å²) in [6, 6.07) is 4.19. The Balaban J connectivity index is 1.46. The van der Waals surface area contributed by atoms with Crippen molar-refractivity contribution >= 4 is 29.2 Å². The molecule has 0 spiro atoms. The van der Waals surface area contributed by atoms with Crippen LogP contribution in [-0.2, 0) is 31.7 Å². The number of hydrogen-bond donors (Lipinski definition) is 2. The monoisotopic (exact) mass is 580 g/mol. The number of halogens is 3. The molecule has 9 nitrogen and oxygen atoms in total. The number of alkyl halides is 2. The molecular weight excluding hydrogens is 546 g/mol. The van der Waals surface area contributed by atoms with Crippen LogP contribution in [0.5, 0.6) is 5.75 Å². The first-order valence-corrected chi connectivity index (χ1v) is 14.0. The molecule has 0 unspecified atom stereocenters. The molecule has 2 aliphatic heterocycles. The third kappa shape index (κ3) is 5.31. The number of aryl methyl sites for hydroxylation is 1. The molecule has 5 rings (SSSR count). The lowest BCUT2D eigenvalue weighted by atomic mass is 9.78. The van der Waals surface area contributed by atoms with Crippen LogP contribution in [0, 0.1) is 5.41 Å². The van der Waals surface area contributed by atoms with Crippen LogP contribution < -0.4 is 10.1 Å². The highest BCUT2D eigenvalue weighted by atomic mass is 35.5. The fourth-order valence-electron chi connectivity index (χ4n) is 6.45. The standard InChI is InChI=1S/C28H35ClF2N4O5/c1-26(2)6-5-18-16-32-35(22(18)26)28(23(36)33-20-4-3-19(29)15-21(20)40-25(30)31)7-11-34(12-8-28)17-27(24(37)38)9-13-39-14-10-27/h3-4,15-16,25H,5-14,17H2,1-2H3,(H,33,36)(H,37,38). The van der Waals surface area contributed by atoms with Gasteiger partial charge in [0.15, 0.2) is 5.75 Å². The Morgan fingerprint density at radius 1 is 1.18 bits per heavy atom. The second-order valence-electron chi connectivity index (χ2n) is 11.8. The maximum atomic E-state index is 14.2. The van der Waals surface area contributed by atoms with E-state index in [-0.39, 0.29) is 27.8 Å². The number of piperidine rings is 1. The molecule has 3 heterocycles. The quantitative estimate of drug-likeness (QED) is 0.467. The summed E-state index contributed by atoms with van der Waals surface area (Å²) < 4.78 is 38.2. The van der Waals surface area contributed by atoms with E-state index in [0.29, 0.717) is 58.5 Å². The van der Waals surface area contributed by atoms with Gasteiger partial charge in [0.1, 0.15) is 5.54 Å². The summed E-state index contributed by atoms with van der Waals surface area (Å²) in [5.41, 5.74) is -0.00969. The molecule has 2 aromatic rings. The molecule has 40 heavy (non-hydrogen) atoms. The van der Waals surface area contributed by atoms with Gasteiger partial charge in [-0.1, -0.05) is 25.4 Å². The fraction of sp³-hybridized carbons (Fsp3) is 0.607. The number of benzene rings is 1. The second kappa shape index (κ2) is 10.9. The molecular formula is C28H35ClF2N4O5. The normalized spacial score (nSPS) is 21.6. The van der Waals surface area contributed by atoms with E-state index in [2.05, 4.69) is 28.8 Å². The highest BCUT2D eigenvalue weighted by Gasteiger charge is 2.50. The van der Waals surface area contributed by atoms with Crippen LogP contribution in [0.2, 0.25) is 5.02 Å². The lowest BCUT2D eigenvalue weighted by Crippen LogP contribution is -2.57. The number of ether oxygens (including phenoxy) is 2. The van der Waals surface area contributed by atoms with E-state index >= 15 is 0 Å². The highest BCUT2D eigenvalue weighted by molar-refractivity contribution is 6.30. The third-order valence-electron chi connectivity index (χ3n) is 8.85. The Morgan fingerprint density at radius 3 is 2.52 bits per heavy atom. The Hall–Kier alpha value is -2.76. The van der Waals surface area contributed by atoms with Crippen molar-refractivity contribution in [1.29, 1.82) is 0 Å². The number of carbonyl (C=O) groups excluding carboxylic acids is 1. The van der Waals surface area contributed by atoms with Gasteiger partial charge < -0.3 is 24.8 Å². The van der Waals surface area contributed by atoms with Gasteiger partial charge in [0, 0.05) is 55.0 Å². The highest BCUT2D eigenvalue weighted by Crippen LogP contribution is 2.44. The van der Waals surface area contributed by atoms with Gasteiger partial charge in [-0.25, -0.2) is 0 Å². The average Bonchev–Trinajstić information content (AvgIpc) is 3.47. The summed E-state index contributed by atoms with van der Waals surface area (Å²) in [6.45, 7) is 3.30. The Morgan fingerprint density at radius 2 is 1.88 bits per heavy atom. The van der Waals surface area contributed by atoms with Crippen molar-refractivity contribution in [3.05, 3.63) is 40.7 Å². The topological polar surface area (TPSA) is 106 Å². The number of amides is 1. The van der Waals surface area contributed by atoms with E-state index in [1.807, 2.05) is 10.9 Å². The minimum absolute atomic E-state index is 0.0894. The number of aliphatic carboxylic acids is 1. The summed E-state index contributed by atoms with van der Waals surface area (Å²) >= 11 is 6.01. The van der Waals surface area contributed by atoms with E-state index < -0.39 is 23.5 Å². The molecule has 2 fully saturated rings. The number of nitrogens with one attached hydrogen (secondary N) is 1. The maximum Gasteiger partial charge on any atom is 0.387 e. The number of hydrogen-bond acceptors (Lipinski definition) is 6. The Bertz CT molecular complexity index is 1270. The van der Waals surface area contributed by atoms with Crippen molar-refractivity contribution in [3.63, 3.8) is 0 Å². The summed E-state index contributed by atoms with van der Waals surface area (Å²) in [7, 11) is 0. The second-order valence-corrected chi connectivity index (χ2v) is 12.2. The molecule has 0 saturated carbocycles. The zero-order valence-electron chi connectivity index (χ0n) is 22.7. The number of carboxylic acids is 1. The zero-order chi connectivity index (χ0) is 28.7. The Kier molecular flexibility index (Phi) is 7.84. The first kappa shape index (κ1) is 28.8. The minimum atomic E-state index is -3.09. The van der Waals surface area contributed by atoms with E-state index in [1.165, 1.54) is 18.2 Å². The molecule has 2 N–H and O–H groups in total. The number of fused-ring (bicyclic) bond motifs is 1. The van der Waals surface area contributed by atoms with E-state index in [9.17, 15) is 23.5 Å². The van der Waals surface area contributed by atoms with Crippen molar-refractivity contribution in [2.75, 3.05) is 38.2 Å². The van der Waals surface area contributed by atoms with Gasteiger partial charge in [0.2, 0.25) is 0 Å². The number of carbonyl (C=O) groups is 2. The van der Waals surface area contributed by atoms with Crippen molar-refractivity contribution < 1.29 is 33.0 Å². The SMILES string of the molecule is CC1(C)CCc2cnn(C3(C(=O)Nc4ccc(Cl)cc4OC(F)F)CCN(CC4(C(=O)O)CCOCC4)CC3)c21. The number of rotatable bonds is 8. The first-order chi connectivity index (χ1) is 19.0. The van der Waals surface area contributed by atoms with Gasteiger partial charge in [-0.05, 0) is 56.2 Å². The molecule has 1 aliphatic carbocycles. The molecule has 2 saturated heterocycles. The smallest absolute Gasteiger partial charge is 0.387 e. The van der Waals surface area contributed by atoms with Gasteiger partial charge in [-0.15, -0.1) is 0 Å². The number of carboxylic acid groups (broad SMARTS) is 1. The molecule has 0 radical (unpaired) electrons. The lowest BCUT2D eigenvalue weighted by molar-refractivity contribution is -0.157. The largest absolute Gasteiger partial charge is 0.481 e. The number of anilines is 1. The van der Waals surface area contributed by atoms with Crippen LogP contribution >= 0.6 is 11.6 Å². The molecule has 12 heteroatoms. The van der Waals surface area contributed by atoms with E-state index in [4.69, 9.17) is 21.4 Å². The van der Waals surface area contributed by atoms with Crippen LogP contribution in [0.1, 0.15) is 57.2 Å². The molecule has 218 valence electrons. The van der Waals surface area contributed by atoms with Crippen LogP contribution in [-0.4, -0.2) is 71.1 Å². The first-order valence-electron chi connectivity index (χ1n) is 13.6. The van der Waals surface area contributed by atoms with Gasteiger partial charge in [-0.2, -0.15) is 13.9 Å². The third-order valence-corrected chi connectivity index (χ3v) is 9.09. The van der Waals surface area contributed by atoms with E-state index in [0.717, 1.165) is 24.1 Å². The van der Waals surface area contributed by atoms with Crippen LogP contribution in [0.3, 0.4) is 0 Å². The predicted octanol–water partition coefficient (Wildman–Crippen LogP) is 4.67. The van der Waals surface area contributed by atoms with Gasteiger partial charge >= 0.3 is 12.6 Å². The molecule has 1 aromatic heterocycles. The van der Waals surface area contributed by atoms with Gasteiger partial charge in [0.05, 0.1) is 17.3 Å². The fourth-order valence-corrected chi connectivity index (χ4v) is 6.62. The van der Waals surface area contributed by atoms with Crippen LogP contribution in [0.15, 0.2) is 24.4 Å². The minimum Gasteiger partial charge on any atom is -0.481 e. The summed E-state index contributed by atoms with van der Waals surface area (Å²) in [6.07, 6.45) is 5.22. The molecule has 3 aliphatic rings. The number of likely N-dealkylation sites (tertiary alicyclic amines) is 1. The molecule has 1 amide bonds. The molecule has 1 aromatic carbocycles. The number of aromatic nitrogens is 2. The Labute approximate surface area is 236 Å². The average molecular weight is 581 g/mol. The zero-order valence-corrected chi connectivity index (χ0v) is 23.5. The van der Waals surface area contributed by atoms with Crippen molar-refractivity contribution in [3.8, 4) is 5.75 Å². The predicted molar refractivity (Wildman–Crippen MR) is 144 cm³/mol. The molecule has 0 atom stereocenters. The van der Waals surface area contributed by atoms with Crippen molar-refractivity contribution in [1.82, 2.24) is 14.7 Å². The van der Waals surface area contributed by atoms with Gasteiger partial charge in [-0.3, -0.25) is 14.3 Å². The lowest BCUT2D eigenvalue weighted by Gasteiger charge is -2.45. The number of nitrogens with zero attached hydrogens (tertiary/aromatic N) is 3.